The zero-order valence-electron chi connectivity index (χ0n) is 10.7. The quantitative estimate of drug-likeness (QED) is 0.228. The molecule has 11 heteroatoms. The third kappa shape index (κ3) is 16.1. The Morgan fingerprint density at radius 2 is 0.857 bits per heavy atom. The Balaban J connectivity index is -0.000000242. The number of nitrogens with two attached hydrogens (primary N) is 4. The summed E-state index contributed by atoms with van der Waals surface area (Å²) in [6, 6.07) is 10.6. The molecule has 2 heterocycles. The van der Waals surface area contributed by atoms with Crippen LogP contribution >= 0.6 is 28.2 Å². The molecule has 2 aromatic rings. The number of hydrogen-bond donors (Lipinski definition) is 4. The molecule has 0 atom stereocenters. The molecule has 0 saturated heterocycles. The average molecular weight is 595 g/mol. The molecule has 0 amide bonds. The molecule has 0 bridgehead atoms. The molecular formula is C10H16Br4MnN6. The number of hydrogen-bond acceptors (Lipinski definition) is 4. The van der Waals surface area contributed by atoms with Gasteiger partial charge in [-0.3, -0.25) is 0 Å². The van der Waals surface area contributed by atoms with Crippen LogP contribution in [0.25, 0.3) is 0 Å². The number of nitrogens with one attached hydrogen (secondary N) is 2. The van der Waals surface area contributed by atoms with Crippen LogP contribution in [0.1, 0.15) is 0 Å². The van der Waals surface area contributed by atoms with E-state index in [0.29, 0.717) is 34.6 Å². The van der Waals surface area contributed by atoms with Gasteiger partial charge in [-0.1, -0.05) is 0 Å². The molecule has 21 heavy (non-hydrogen) atoms. The van der Waals surface area contributed by atoms with Crippen molar-refractivity contribution in [2.75, 3.05) is 22.9 Å². The van der Waals surface area contributed by atoms with Crippen LogP contribution in [0.2, 0.25) is 0 Å². The molecule has 10 N–H and O–H groups in total. The topological polar surface area (TPSA) is 132 Å². The summed E-state index contributed by atoms with van der Waals surface area (Å²) in [5.41, 5.74) is 21.3. The summed E-state index contributed by atoms with van der Waals surface area (Å²) < 4.78 is 0. The number of rotatable bonds is 0. The average Bonchev–Trinajstić information content (AvgIpc) is 2.30. The number of anilines is 4. The van der Waals surface area contributed by atoms with Crippen molar-refractivity contribution in [2.24, 2.45) is 0 Å². The molecule has 121 valence electrons. The maximum atomic E-state index is 5.32. The van der Waals surface area contributed by atoms with Crippen molar-refractivity contribution in [3.8, 4) is 0 Å². The number of nitrogen functional groups attached to an aromatic ring is 4. The molecule has 0 aliphatic heterocycles. The Morgan fingerprint density at radius 1 is 0.667 bits per heavy atom. The van der Waals surface area contributed by atoms with E-state index in [2.05, 4.69) is 38.2 Å². The van der Waals surface area contributed by atoms with Crippen LogP contribution in [0.4, 0.5) is 23.3 Å². The summed E-state index contributed by atoms with van der Waals surface area (Å²) in [5, 5.41) is 0. The predicted octanol–water partition coefficient (Wildman–Crippen LogP) is -4.97. The summed E-state index contributed by atoms with van der Waals surface area (Å²) >= 11 is 6.88. The Hall–Kier alpha value is -0.0605. The van der Waals surface area contributed by atoms with E-state index < -0.39 is 0 Å². The van der Waals surface area contributed by atoms with Crippen molar-refractivity contribution in [3.05, 3.63) is 36.4 Å². The first-order valence-electron chi connectivity index (χ1n) is 4.93. The monoisotopic (exact) mass is 591 g/mol. The molecule has 2 aromatic heterocycles. The van der Waals surface area contributed by atoms with Crippen LogP contribution in [0.3, 0.4) is 0 Å². The van der Waals surface area contributed by atoms with Crippen molar-refractivity contribution in [3.63, 3.8) is 0 Å². The van der Waals surface area contributed by atoms with Crippen molar-refractivity contribution in [2.45, 2.75) is 0 Å². The van der Waals surface area contributed by atoms with Crippen LogP contribution in [-0.2, 0) is 11.3 Å². The molecule has 0 radical (unpaired) electrons. The number of aromatic amines is 2. The summed E-state index contributed by atoms with van der Waals surface area (Å²) in [7, 11) is 0. The van der Waals surface area contributed by atoms with Gasteiger partial charge in [-0.2, -0.15) is 0 Å². The molecule has 0 spiro atoms. The Bertz CT molecular complexity index is 413. The third-order valence-electron chi connectivity index (χ3n) is 1.68. The minimum atomic E-state index is 0. The Labute approximate surface area is 164 Å². The van der Waals surface area contributed by atoms with Gasteiger partial charge in [0.25, 0.3) is 0 Å². The summed E-state index contributed by atoms with van der Waals surface area (Å²) in [6.07, 6.45) is 0. The fourth-order valence-corrected chi connectivity index (χ4v) is 1.01. The van der Waals surface area contributed by atoms with Crippen LogP contribution < -0.4 is 66.9 Å². The SMILES string of the molecule is Nc1cccc(N)[nH+]1.Nc1cccc(N)[nH+]1.[Br-].[Br-].[Br][Mn][Br]. The fourth-order valence-electron chi connectivity index (χ4n) is 1.01. The van der Waals surface area contributed by atoms with E-state index in [1.807, 2.05) is 0 Å². The van der Waals surface area contributed by atoms with Crippen LogP contribution in [0.15, 0.2) is 36.4 Å². The molecule has 0 saturated carbocycles. The molecule has 0 unspecified atom stereocenters. The molecule has 0 aliphatic rings. The third-order valence-corrected chi connectivity index (χ3v) is 1.68. The normalized spacial score (nSPS) is 7.71. The standard InChI is InChI=1S/2C5H7N3.4BrH.Mn/c2*6-4-2-1-3-5(7)8-4;;;;;/h2*1-3H,(H4,6,7,8);4*1H;/q;;;;;;+2/p-2. The summed E-state index contributed by atoms with van der Waals surface area (Å²) in [6.45, 7) is 0. The van der Waals surface area contributed by atoms with Gasteiger partial charge in [0.2, 0.25) is 23.3 Å². The summed E-state index contributed by atoms with van der Waals surface area (Å²) in [4.78, 5) is 5.45. The van der Waals surface area contributed by atoms with Gasteiger partial charge in [0, 0.05) is 24.3 Å². The molecule has 2 rings (SSSR count). The molecular weight excluding hydrogens is 579 g/mol. The van der Waals surface area contributed by atoms with Crippen LogP contribution in [0, 0.1) is 0 Å². The first-order valence-corrected chi connectivity index (χ1v) is 10.8. The number of pyridine rings is 2. The number of halogens is 4. The van der Waals surface area contributed by atoms with Crippen molar-refractivity contribution >= 4 is 51.5 Å². The van der Waals surface area contributed by atoms with Gasteiger partial charge in [0.05, 0.1) is 0 Å². The van der Waals surface area contributed by atoms with Gasteiger partial charge in [0.1, 0.15) is 0 Å². The minimum absolute atomic E-state index is 0. The first-order chi connectivity index (χ1) is 8.99. The van der Waals surface area contributed by atoms with Crippen molar-refractivity contribution in [1.82, 2.24) is 0 Å². The van der Waals surface area contributed by atoms with Crippen LogP contribution in [0.5, 0.6) is 0 Å². The van der Waals surface area contributed by atoms with Gasteiger partial charge in [-0.25, -0.2) is 9.97 Å². The Kier molecular flexibility index (Phi) is 20.1. The van der Waals surface area contributed by atoms with E-state index in [-0.39, 0.29) is 34.0 Å². The number of H-pyrrole nitrogens is 2. The van der Waals surface area contributed by atoms with Gasteiger partial charge >= 0.3 is 39.6 Å². The molecule has 0 aromatic carbocycles. The zero-order chi connectivity index (χ0) is 14.7. The van der Waals surface area contributed by atoms with E-state index in [9.17, 15) is 0 Å². The van der Waals surface area contributed by atoms with Crippen LogP contribution in [-0.4, -0.2) is 0 Å². The van der Waals surface area contributed by atoms with E-state index in [4.69, 9.17) is 22.9 Å². The van der Waals surface area contributed by atoms with E-state index in [1.54, 1.807) is 36.4 Å². The molecule has 6 nitrogen and oxygen atoms in total. The fraction of sp³-hybridized carbons (Fsp3) is 0. The van der Waals surface area contributed by atoms with E-state index in [0.717, 1.165) is 0 Å². The predicted molar refractivity (Wildman–Crippen MR) is 81.5 cm³/mol. The van der Waals surface area contributed by atoms with E-state index >= 15 is 0 Å². The first kappa shape index (κ1) is 25.9. The second-order valence-electron chi connectivity index (χ2n) is 3.18. The summed E-state index contributed by atoms with van der Waals surface area (Å²) in [5.74, 6) is 2.35. The molecule has 0 fully saturated rings. The second-order valence-corrected chi connectivity index (χ2v) is 9.13. The second kappa shape index (κ2) is 16.3. The number of aromatic nitrogens is 2. The van der Waals surface area contributed by atoms with E-state index in [1.165, 1.54) is 0 Å². The Morgan fingerprint density at radius 3 is 0.952 bits per heavy atom. The van der Waals surface area contributed by atoms with Gasteiger partial charge in [0.15, 0.2) is 0 Å². The van der Waals surface area contributed by atoms with Crippen molar-refractivity contribution in [1.29, 1.82) is 0 Å². The van der Waals surface area contributed by atoms with Gasteiger partial charge < -0.3 is 56.9 Å². The molecule has 0 aliphatic carbocycles. The van der Waals surface area contributed by atoms with Gasteiger partial charge in [-0.05, 0) is 12.1 Å². The maximum absolute atomic E-state index is 5.32. The zero-order valence-corrected chi connectivity index (χ0v) is 18.2. The van der Waals surface area contributed by atoms with Gasteiger partial charge in [-0.15, -0.1) is 0 Å². The van der Waals surface area contributed by atoms with Crippen molar-refractivity contribution < 1.29 is 55.3 Å².